The Bertz CT molecular complexity index is 711. The fraction of sp³-hybridized carbons (Fsp3) is 0.211. The highest BCUT2D eigenvalue weighted by atomic mass is 35.5. The van der Waals surface area contributed by atoms with E-state index < -0.39 is 0 Å². The highest BCUT2D eigenvalue weighted by Crippen LogP contribution is 2.29. The van der Waals surface area contributed by atoms with Crippen LogP contribution in [-0.4, -0.2) is 10.9 Å². The van der Waals surface area contributed by atoms with Gasteiger partial charge in [-0.05, 0) is 31.4 Å². The van der Waals surface area contributed by atoms with Gasteiger partial charge in [0.2, 0.25) is 0 Å². The number of carbonyl (C=O) groups excluding carboxylic acids is 1. The van der Waals surface area contributed by atoms with Crippen LogP contribution in [0.5, 0.6) is 0 Å². The van der Waals surface area contributed by atoms with E-state index in [9.17, 15) is 4.79 Å². The predicted octanol–water partition coefficient (Wildman–Crippen LogP) is 4.93. The largest absolute Gasteiger partial charge is 0.340 e. The zero-order valence-electron chi connectivity index (χ0n) is 13.0. The molecule has 0 amide bonds. The van der Waals surface area contributed by atoms with Crippen molar-refractivity contribution in [1.29, 1.82) is 0 Å². The van der Waals surface area contributed by atoms with E-state index in [4.69, 9.17) is 11.6 Å². The lowest BCUT2D eigenvalue weighted by Crippen LogP contribution is -2.02. The maximum absolute atomic E-state index is 11.5. The number of halogens is 1. The first kappa shape index (κ1) is 16.3. The van der Waals surface area contributed by atoms with Crippen LogP contribution in [0.2, 0.25) is 0 Å². The molecule has 1 aromatic heterocycles. The first-order valence-corrected chi connectivity index (χ1v) is 7.63. The molecule has 0 N–H and O–H groups in total. The van der Waals surface area contributed by atoms with Crippen LogP contribution in [-0.2, 0) is 13.0 Å². The van der Waals surface area contributed by atoms with Crippen LogP contribution < -0.4 is 0 Å². The van der Waals surface area contributed by atoms with Gasteiger partial charge in [0, 0.05) is 17.8 Å². The van der Waals surface area contributed by atoms with Gasteiger partial charge in [-0.15, -0.1) is 6.58 Å². The van der Waals surface area contributed by atoms with Gasteiger partial charge in [-0.1, -0.05) is 54.1 Å². The first-order chi connectivity index (χ1) is 10.6. The van der Waals surface area contributed by atoms with Crippen molar-refractivity contribution < 1.29 is 4.79 Å². The minimum Gasteiger partial charge on any atom is -0.340 e. The maximum atomic E-state index is 11.5. The molecule has 0 saturated carbocycles. The molecule has 1 heterocycles. The molecular formula is C19H20ClNO. The highest BCUT2D eigenvalue weighted by Gasteiger charge is 2.18. The van der Waals surface area contributed by atoms with Gasteiger partial charge in [-0.2, -0.15) is 0 Å². The van der Waals surface area contributed by atoms with Crippen LogP contribution in [0.4, 0.5) is 0 Å². The fourth-order valence-corrected chi connectivity index (χ4v) is 2.85. The van der Waals surface area contributed by atoms with Gasteiger partial charge >= 0.3 is 0 Å². The number of carbonyl (C=O) groups is 1. The molecule has 0 spiro atoms. The van der Waals surface area contributed by atoms with Crippen LogP contribution in [0.25, 0.3) is 5.03 Å². The summed E-state index contributed by atoms with van der Waals surface area (Å²) in [6.45, 7) is 8.36. The van der Waals surface area contributed by atoms with E-state index in [1.807, 2.05) is 48.8 Å². The molecule has 3 heteroatoms. The van der Waals surface area contributed by atoms with E-state index in [0.717, 1.165) is 29.7 Å². The Kier molecular flexibility index (Phi) is 5.40. The SMILES string of the molecule is C=CCn1c(C)c(C)c(C=O)c1/C(Cl)=C\Cc1ccccc1. The number of aromatic nitrogens is 1. The molecule has 1 aromatic carbocycles. The lowest BCUT2D eigenvalue weighted by Gasteiger charge is -2.09. The maximum Gasteiger partial charge on any atom is 0.152 e. The topological polar surface area (TPSA) is 22.0 Å². The number of rotatable bonds is 6. The molecular weight excluding hydrogens is 294 g/mol. The number of aldehydes is 1. The molecule has 2 rings (SSSR count). The van der Waals surface area contributed by atoms with Crippen molar-refractivity contribution >= 4 is 22.9 Å². The quantitative estimate of drug-likeness (QED) is 0.547. The zero-order valence-corrected chi connectivity index (χ0v) is 13.7. The molecule has 114 valence electrons. The minimum absolute atomic E-state index is 0.601. The van der Waals surface area contributed by atoms with Crippen LogP contribution >= 0.6 is 11.6 Å². The molecule has 0 radical (unpaired) electrons. The summed E-state index contributed by atoms with van der Waals surface area (Å²) in [6.07, 6.45) is 5.38. The van der Waals surface area contributed by atoms with Crippen molar-refractivity contribution in [1.82, 2.24) is 4.57 Å². The van der Waals surface area contributed by atoms with Crippen LogP contribution in [0.15, 0.2) is 49.1 Å². The average molecular weight is 314 g/mol. The summed E-state index contributed by atoms with van der Waals surface area (Å²) >= 11 is 6.51. The van der Waals surface area contributed by atoms with Crippen molar-refractivity contribution in [3.8, 4) is 0 Å². The minimum atomic E-state index is 0.601. The summed E-state index contributed by atoms with van der Waals surface area (Å²) in [6, 6.07) is 10.1. The van der Waals surface area contributed by atoms with E-state index in [-0.39, 0.29) is 0 Å². The molecule has 2 nitrogen and oxygen atoms in total. The smallest absolute Gasteiger partial charge is 0.152 e. The summed E-state index contributed by atoms with van der Waals surface area (Å²) in [5.74, 6) is 0. The van der Waals surface area contributed by atoms with E-state index in [1.165, 1.54) is 5.56 Å². The first-order valence-electron chi connectivity index (χ1n) is 7.25. The number of nitrogens with zero attached hydrogens (tertiary/aromatic N) is 1. The van der Waals surface area contributed by atoms with Crippen molar-refractivity contribution in [3.63, 3.8) is 0 Å². The van der Waals surface area contributed by atoms with Gasteiger partial charge in [0.15, 0.2) is 6.29 Å². The second-order valence-corrected chi connectivity index (χ2v) is 5.64. The van der Waals surface area contributed by atoms with Crippen molar-refractivity contribution in [3.05, 3.63) is 77.1 Å². The van der Waals surface area contributed by atoms with Gasteiger partial charge in [-0.25, -0.2) is 0 Å². The molecule has 0 atom stereocenters. The molecule has 0 fully saturated rings. The summed E-state index contributed by atoms with van der Waals surface area (Å²) in [4.78, 5) is 11.5. The molecule has 0 unspecified atom stereocenters. The monoisotopic (exact) mass is 313 g/mol. The number of benzene rings is 1. The fourth-order valence-electron chi connectivity index (χ4n) is 2.57. The summed E-state index contributed by atoms with van der Waals surface area (Å²) < 4.78 is 2.04. The normalized spacial score (nSPS) is 11.5. The van der Waals surface area contributed by atoms with Crippen LogP contribution in [0.3, 0.4) is 0 Å². The molecule has 22 heavy (non-hydrogen) atoms. The van der Waals surface area contributed by atoms with Gasteiger partial charge in [0.05, 0.1) is 10.7 Å². The van der Waals surface area contributed by atoms with Gasteiger partial charge in [0.1, 0.15) is 0 Å². The number of allylic oxidation sites excluding steroid dienone is 2. The second kappa shape index (κ2) is 7.28. The molecule has 0 aliphatic carbocycles. The third kappa shape index (κ3) is 3.23. The molecule has 0 bridgehead atoms. The van der Waals surface area contributed by atoms with E-state index >= 15 is 0 Å². The predicted molar refractivity (Wildman–Crippen MR) is 93.5 cm³/mol. The highest BCUT2D eigenvalue weighted by molar-refractivity contribution is 6.49. The summed E-state index contributed by atoms with van der Waals surface area (Å²) in [5.41, 5.74) is 4.64. The van der Waals surface area contributed by atoms with E-state index in [0.29, 0.717) is 17.1 Å². The Balaban J connectivity index is 2.43. The summed E-state index contributed by atoms with van der Waals surface area (Å²) in [5, 5.41) is 0.601. The molecule has 2 aromatic rings. The van der Waals surface area contributed by atoms with Crippen molar-refractivity contribution in [2.75, 3.05) is 0 Å². The van der Waals surface area contributed by atoms with Crippen LogP contribution in [0.1, 0.15) is 32.9 Å². The van der Waals surface area contributed by atoms with Crippen LogP contribution in [0, 0.1) is 13.8 Å². The van der Waals surface area contributed by atoms with E-state index in [1.54, 1.807) is 0 Å². The Morgan fingerprint density at radius 2 is 1.95 bits per heavy atom. The van der Waals surface area contributed by atoms with E-state index in [2.05, 4.69) is 18.7 Å². The van der Waals surface area contributed by atoms with Crippen molar-refractivity contribution in [2.45, 2.75) is 26.8 Å². The molecule has 0 aliphatic rings. The van der Waals surface area contributed by atoms with Gasteiger partial charge < -0.3 is 4.57 Å². The van der Waals surface area contributed by atoms with Gasteiger partial charge in [0.25, 0.3) is 0 Å². The third-order valence-electron chi connectivity index (χ3n) is 3.89. The molecule has 0 saturated heterocycles. The Morgan fingerprint density at radius 1 is 1.27 bits per heavy atom. The molecule has 0 aliphatic heterocycles. The average Bonchev–Trinajstić information content (AvgIpc) is 2.78. The summed E-state index contributed by atoms with van der Waals surface area (Å²) in [7, 11) is 0. The lowest BCUT2D eigenvalue weighted by molar-refractivity contribution is 0.112. The number of hydrogen-bond acceptors (Lipinski definition) is 1. The Morgan fingerprint density at radius 3 is 2.55 bits per heavy atom. The Hall–Kier alpha value is -2.06. The second-order valence-electron chi connectivity index (χ2n) is 5.23. The third-order valence-corrected chi connectivity index (χ3v) is 4.23. The Labute approximate surface area is 136 Å². The number of hydrogen-bond donors (Lipinski definition) is 0. The standard InChI is InChI=1S/C19H20ClNO/c1-4-12-21-15(3)14(2)17(13-22)19(21)18(20)11-10-16-8-6-5-7-9-16/h4-9,11,13H,1,10,12H2,2-3H3/b18-11+. The van der Waals surface area contributed by atoms with Gasteiger partial charge in [-0.3, -0.25) is 4.79 Å². The lowest BCUT2D eigenvalue weighted by atomic mass is 10.1. The zero-order chi connectivity index (χ0) is 16.1. The van der Waals surface area contributed by atoms with Crippen molar-refractivity contribution in [2.24, 2.45) is 0 Å².